The van der Waals surface area contributed by atoms with Crippen molar-refractivity contribution >= 4 is 5.91 Å². The Morgan fingerprint density at radius 2 is 1.61 bits per heavy atom. The van der Waals surface area contributed by atoms with Gasteiger partial charge in [0.2, 0.25) is 0 Å². The van der Waals surface area contributed by atoms with E-state index >= 15 is 0 Å². The van der Waals surface area contributed by atoms with E-state index in [-0.39, 0.29) is 5.91 Å². The van der Waals surface area contributed by atoms with Gasteiger partial charge in [0, 0.05) is 12.1 Å². The lowest BCUT2D eigenvalue weighted by atomic mass is 10.1. The van der Waals surface area contributed by atoms with E-state index in [4.69, 9.17) is 4.74 Å². The van der Waals surface area contributed by atoms with Gasteiger partial charge >= 0.3 is 0 Å². The van der Waals surface area contributed by atoms with Crippen LogP contribution in [-0.2, 0) is 6.54 Å². The molecule has 0 saturated carbocycles. The largest absolute Gasteiger partial charge is 0.457 e. The molecule has 4 rings (SSSR count). The highest BCUT2D eigenvalue weighted by atomic mass is 16.5. The van der Waals surface area contributed by atoms with E-state index in [1.165, 1.54) is 6.33 Å². The lowest BCUT2D eigenvalue weighted by molar-refractivity contribution is 0.0951. The number of rotatable bonds is 6. The first kappa shape index (κ1) is 17.5. The van der Waals surface area contributed by atoms with Crippen LogP contribution in [0.3, 0.4) is 0 Å². The third kappa shape index (κ3) is 4.24. The molecule has 28 heavy (non-hydrogen) atoms. The first-order valence-electron chi connectivity index (χ1n) is 8.83. The summed E-state index contributed by atoms with van der Waals surface area (Å²) in [5.41, 5.74) is 2.50. The summed E-state index contributed by atoms with van der Waals surface area (Å²) in [6.07, 6.45) is 3.13. The van der Waals surface area contributed by atoms with E-state index in [9.17, 15) is 4.79 Å². The Balaban J connectivity index is 1.33. The highest BCUT2D eigenvalue weighted by molar-refractivity contribution is 5.94. The van der Waals surface area contributed by atoms with Crippen molar-refractivity contribution in [1.29, 1.82) is 0 Å². The number of nitrogens with zero attached hydrogens (tertiary/aromatic N) is 3. The van der Waals surface area contributed by atoms with Crippen molar-refractivity contribution in [2.24, 2.45) is 0 Å². The average molecular weight is 370 g/mol. The second-order valence-electron chi connectivity index (χ2n) is 6.13. The average Bonchev–Trinajstić information content (AvgIpc) is 3.29. The summed E-state index contributed by atoms with van der Waals surface area (Å²) in [4.78, 5) is 16.3. The Hall–Kier alpha value is -3.93. The van der Waals surface area contributed by atoms with Crippen LogP contribution in [0.15, 0.2) is 91.5 Å². The number of aromatic nitrogens is 3. The lowest BCUT2D eigenvalue weighted by Gasteiger charge is -2.08. The highest BCUT2D eigenvalue weighted by Gasteiger charge is 2.06. The van der Waals surface area contributed by atoms with Crippen molar-refractivity contribution in [3.63, 3.8) is 0 Å². The molecule has 0 saturated heterocycles. The van der Waals surface area contributed by atoms with Crippen LogP contribution in [0.5, 0.6) is 11.5 Å². The molecule has 0 aliphatic rings. The number of carbonyl (C=O) groups is 1. The molecule has 1 aromatic heterocycles. The minimum Gasteiger partial charge on any atom is -0.457 e. The molecule has 3 aromatic carbocycles. The molecule has 0 atom stereocenters. The van der Waals surface area contributed by atoms with Crippen LogP contribution >= 0.6 is 0 Å². The number of benzene rings is 3. The second kappa shape index (κ2) is 8.18. The monoisotopic (exact) mass is 370 g/mol. The Kier molecular flexibility index (Phi) is 5.11. The van der Waals surface area contributed by atoms with Gasteiger partial charge in [-0.3, -0.25) is 4.79 Å². The molecule has 0 radical (unpaired) electrons. The minimum atomic E-state index is -0.133. The first-order valence-corrected chi connectivity index (χ1v) is 8.83. The van der Waals surface area contributed by atoms with Crippen LogP contribution in [0.25, 0.3) is 5.69 Å². The van der Waals surface area contributed by atoms with E-state index in [1.54, 1.807) is 35.3 Å². The number of amides is 1. The second-order valence-corrected chi connectivity index (χ2v) is 6.13. The maximum absolute atomic E-state index is 12.4. The van der Waals surface area contributed by atoms with Gasteiger partial charge in [0.05, 0.1) is 5.69 Å². The van der Waals surface area contributed by atoms with Gasteiger partial charge in [0.25, 0.3) is 5.91 Å². The van der Waals surface area contributed by atoms with Gasteiger partial charge in [-0.05, 0) is 54.1 Å². The topological polar surface area (TPSA) is 69.0 Å². The lowest BCUT2D eigenvalue weighted by Crippen LogP contribution is -2.22. The third-order valence-electron chi connectivity index (χ3n) is 4.17. The molecule has 1 heterocycles. The fourth-order valence-electron chi connectivity index (χ4n) is 2.69. The van der Waals surface area contributed by atoms with Crippen molar-refractivity contribution in [3.05, 3.63) is 103 Å². The molecular weight excluding hydrogens is 352 g/mol. The van der Waals surface area contributed by atoms with Crippen LogP contribution in [0.4, 0.5) is 0 Å². The summed E-state index contributed by atoms with van der Waals surface area (Å²) >= 11 is 0. The number of para-hydroxylation sites is 1. The van der Waals surface area contributed by atoms with Gasteiger partial charge in [-0.25, -0.2) is 9.67 Å². The fourth-order valence-corrected chi connectivity index (χ4v) is 2.69. The minimum absolute atomic E-state index is 0.133. The molecule has 0 fully saturated rings. The van der Waals surface area contributed by atoms with Gasteiger partial charge in [-0.15, -0.1) is 0 Å². The van der Waals surface area contributed by atoms with Gasteiger partial charge in [0.1, 0.15) is 24.2 Å². The normalized spacial score (nSPS) is 10.4. The number of ether oxygens (including phenoxy) is 1. The summed E-state index contributed by atoms with van der Waals surface area (Å²) in [6.45, 7) is 0.443. The molecule has 4 aromatic rings. The predicted molar refractivity (Wildman–Crippen MR) is 105 cm³/mol. The van der Waals surface area contributed by atoms with Crippen LogP contribution in [0.1, 0.15) is 15.9 Å². The molecule has 138 valence electrons. The van der Waals surface area contributed by atoms with E-state index in [0.717, 1.165) is 17.0 Å². The van der Waals surface area contributed by atoms with E-state index < -0.39 is 0 Å². The Bertz CT molecular complexity index is 1030. The summed E-state index contributed by atoms with van der Waals surface area (Å²) in [6, 6.07) is 24.4. The first-order chi connectivity index (χ1) is 13.8. The standard InChI is InChI=1S/C22H18N4O2/c27-22(18-8-12-21(13-9-18)28-20-4-2-1-3-5-20)24-14-17-6-10-19(11-7-17)26-16-23-15-25-26/h1-13,15-16H,14H2,(H,24,27). The van der Waals surface area contributed by atoms with Gasteiger partial charge in [-0.1, -0.05) is 30.3 Å². The molecule has 0 spiro atoms. The van der Waals surface area contributed by atoms with Gasteiger partial charge < -0.3 is 10.1 Å². The molecule has 0 bridgehead atoms. The Labute approximate surface area is 162 Å². The van der Waals surface area contributed by atoms with E-state index in [2.05, 4.69) is 15.4 Å². The zero-order valence-electron chi connectivity index (χ0n) is 15.0. The number of nitrogens with one attached hydrogen (secondary N) is 1. The SMILES string of the molecule is O=C(NCc1ccc(-n2cncn2)cc1)c1ccc(Oc2ccccc2)cc1. The van der Waals surface area contributed by atoms with Crippen molar-refractivity contribution in [2.45, 2.75) is 6.54 Å². The molecule has 0 aliphatic carbocycles. The molecule has 0 aliphatic heterocycles. The van der Waals surface area contributed by atoms with Gasteiger partial charge in [0.15, 0.2) is 0 Å². The summed E-state index contributed by atoms with van der Waals surface area (Å²) in [5.74, 6) is 1.31. The maximum Gasteiger partial charge on any atom is 0.251 e. The molecule has 6 nitrogen and oxygen atoms in total. The molecule has 1 N–H and O–H groups in total. The van der Waals surface area contributed by atoms with E-state index in [0.29, 0.717) is 17.9 Å². The zero-order valence-corrected chi connectivity index (χ0v) is 15.0. The van der Waals surface area contributed by atoms with Crippen LogP contribution in [0.2, 0.25) is 0 Å². The Morgan fingerprint density at radius 3 is 2.29 bits per heavy atom. The van der Waals surface area contributed by atoms with Crippen LogP contribution < -0.4 is 10.1 Å². The highest BCUT2D eigenvalue weighted by Crippen LogP contribution is 2.21. The molecule has 1 amide bonds. The van der Waals surface area contributed by atoms with Crippen molar-refractivity contribution in [1.82, 2.24) is 20.1 Å². The van der Waals surface area contributed by atoms with Crippen LogP contribution in [0, 0.1) is 0 Å². The summed E-state index contributed by atoms with van der Waals surface area (Å²) < 4.78 is 7.42. The van der Waals surface area contributed by atoms with Crippen molar-refractivity contribution < 1.29 is 9.53 Å². The van der Waals surface area contributed by atoms with Crippen molar-refractivity contribution in [2.75, 3.05) is 0 Å². The van der Waals surface area contributed by atoms with Crippen LogP contribution in [-0.4, -0.2) is 20.7 Å². The zero-order chi connectivity index (χ0) is 19.2. The predicted octanol–water partition coefficient (Wildman–Crippen LogP) is 3.99. The number of hydrogen-bond acceptors (Lipinski definition) is 4. The Morgan fingerprint density at radius 1 is 0.893 bits per heavy atom. The quantitative estimate of drug-likeness (QED) is 0.557. The smallest absolute Gasteiger partial charge is 0.251 e. The molecule has 6 heteroatoms. The number of carbonyl (C=O) groups excluding carboxylic acids is 1. The maximum atomic E-state index is 12.4. The van der Waals surface area contributed by atoms with Gasteiger partial charge in [-0.2, -0.15) is 5.10 Å². The third-order valence-corrected chi connectivity index (χ3v) is 4.17. The molecule has 0 unspecified atom stereocenters. The van der Waals surface area contributed by atoms with Crippen molar-refractivity contribution in [3.8, 4) is 17.2 Å². The summed E-state index contributed by atoms with van der Waals surface area (Å²) in [5, 5.41) is 7.01. The number of hydrogen-bond donors (Lipinski definition) is 1. The fraction of sp³-hybridized carbons (Fsp3) is 0.0455. The van der Waals surface area contributed by atoms with E-state index in [1.807, 2.05) is 54.6 Å². The molecular formula is C22H18N4O2. The summed E-state index contributed by atoms with van der Waals surface area (Å²) in [7, 11) is 0.